The van der Waals surface area contributed by atoms with Crippen LogP contribution in [0.4, 0.5) is 0 Å². The van der Waals surface area contributed by atoms with Crippen LogP contribution in [-0.4, -0.2) is 39.0 Å². The minimum absolute atomic E-state index is 0.0983. The number of aromatic nitrogens is 2. The van der Waals surface area contributed by atoms with Gasteiger partial charge in [0.25, 0.3) is 5.91 Å². The first-order valence-corrected chi connectivity index (χ1v) is 10.4. The summed E-state index contributed by atoms with van der Waals surface area (Å²) in [6.45, 7) is 2.79. The number of hydrogen-bond donors (Lipinski definition) is 1. The Labute approximate surface area is 181 Å². The Hall–Kier alpha value is -3.57. The number of nitrogens with zero attached hydrogens (tertiary/aromatic N) is 3. The van der Waals surface area contributed by atoms with E-state index in [0.29, 0.717) is 24.2 Å². The van der Waals surface area contributed by atoms with Crippen molar-refractivity contribution in [1.82, 2.24) is 14.9 Å². The van der Waals surface area contributed by atoms with E-state index in [1.165, 1.54) is 0 Å². The van der Waals surface area contributed by atoms with Crippen molar-refractivity contribution in [3.05, 3.63) is 95.7 Å². The Bertz CT molecular complexity index is 1250. The molecule has 0 unspecified atom stereocenters. The van der Waals surface area contributed by atoms with Crippen LogP contribution in [0.3, 0.4) is 0 Å². The number of benzene rings is 2. The normalized spacial score (nSPS) is 18.5. The van der Waals surface area contributed by atoms with Crippen LogP contribution in [0.1, 0.15) is 27.9 Å². The number of carbonyl (C=O) groups is 1. The molecular formula is C26H23N3O2. The van der Waals surface area contributed by atoms with E-state index in [-0.39, 0.29) is 12.5 Å². The molecule has 1 fully saturated rings. The zero-order chi connectivity index (χ0) is 21.4. The molecule has 1 aliphatic rings. The van der Waals surface area contributed by atoms with E-state index in [9.17, 15) is 9.90 Å². The number of likely N-dealkylation sites (tertiary alicyclic amines) is 1. The minimum atomic E-state index is -1.03. The van der Waals surface area contributed by atoms with E-state index in [1.54, 1.807) is 11.1 Å². The summed E-state index contributed by atoms with van der Waals surface area (Å²) in [5, 5.41) is 12.1. The van der Waals surface area contributed by atoms with E-state index in [4.69, 9.17) is 4.98 Å². The van der Waals surface area contributed by atoms with Crippen molar-refractivity contribution >= 4 is 16.8 Å². The highest BCUT2D eigenvalue weighted by molar-refractivity contribution is 6.07. The van der Waals surface area contributed by atoms with Crippen LogP contribution in [0.15, 0.2) is 79.0 Å². The first-order chi connectivity index (χ1) is 15.0. The molecule has 0 spiro atoms. The van der Waals surface area contributed by atoms with Crippen LogP contribution in [0.25, 0.3) is 22.3 Å². The van der Waals surface area contributed by atoms with Gasteiger partial charge >= 0.3 is 0 Å². The standard InChI is InChI=1S/C26H23N3O2/c1-18-9-11-19(12-10-18)26(31)13-15-29(17-26)25(30)21-16-24(23-8-4-5-14-27-23)28-22-7-3-2-6-20(21)22/h2-12,14,16,31H,13,15,17H2,1H3/t26-/m0/s1. The fraction of sp³-hybridized carbons (Fsp3) is 0.192. The summed E-state index contributed by atoms with van der Waals surface area (Å²) in [5.41, 5.74) is 3.68. The Balaban J connectivity index is 1.52. The highest BCUT2D eigenvalue weighted by Crippen LogP contribution is 2.34. The Kier molecular flexibility index (Phi) is 4.75. The molecule has 4 aromatic rings. The summed E-state index contributed by atoms with van der Waals surface area (Å²) < 4.78 is 0. The van der Waals surface area contributed by atoms with Crippen LogP contribution in [-0.2, 0) is 5.60 Å². The molecule has 0 saturated carbocycles. The maximum absolute atomic E-state index is 13.6. The number of aliphatic hydroxyl groups is 1. The molecule has 0 aliphatic carbocycles. The van der Waals surface area contributed by atoms with Gasteiger partial charge in [0.15, 0.2) is 0 Å². The van der Waals surface area contributed by atoms with Gasteiger partial charge in [-0.15, -0.1) is 0 Å². The third kappa shape index (κ3) is 3.57. The maximum atomic E-state index is 13.6. The van der Waals surface area contributed by atoms with Gasteiger partial charge in [-0.05, 0) is 43.2 Å². The lowest BCUT2D eigenvalue weighted by atomic mass is 9.92. The molecule has 1 N–H and O–H groups in total. The van der Waals surface area contributed by atoms with E-state index in [2.05, 4.69) is 4.98 Å². The predicted molar refractivity (Wildman–Crippen MR) is 121 cm³/mol. The fourth-order valence-corrected chi connectivity index (χ4v) is 4.23. The number of para-hydroxylation sites is 1. The van der Waals surface area contributed by atoms with E-state index in [1.807, 2.05) is 79.7 Å². The van der Waals surface area contributed by atoms with Gasteiger partial charge in [0.05, 0.1) is 29.0 Å². The second-order valence-corrected chi connectivity index (χ2v) is 8.16. The van der Waals surface area contributed by atoms with Crippen molar-refractivity contribution in [1.29, 1.82) is 0 Å². The second-order valence-electron chi connectivity index (χ2n) is 8.16. The number of aryl methyl sites for hydroxylation is 1. The van der Waals surface area contributed by atoms with Gasteiger partial charge in [-0.25, -0.2) is 4.98 Å². The molecule has 2 aromatic heterocycles. The van der Waals surface area contributed by atoms with Crippen molar-refractivity contribution in [2.45, 2.75) is 18.9 Å². The van der Waals surface area contributed by atoms with Crippen molar-refractivity contribution in [2.24, 2.45) is 0 Å². The van der Waals surface area contributed by atoms with E-state index >= 15 is 0 Å². The largest absolute Gasteiger partial charge is 0.383 e. The van der Waals surface area contributed by atoms with Gasteiger partial charge in [-0.1, -0.05) is 54.1 Å². The quantitative estimate of drug-likeness (QED) is 0.547. The topological polar surface area (TPSA) is 66.3 Å². The number of hydrogen-bond acceptors (Lipinski definition) is 4. The number of fused-ring (bicyclic) bond motifs is 1. The number of pyridine rings is 2. The van der Waals surface area contributed by atoms with Gasteiger partial charge in [0.1, 0.15) is 5.60 Å². The average Bonchev–Trinajstić information content (AvgIpc) is 3.22. The van der Waals surface area contributed by atoms with Crippen LogP contribution in [0, 0.1) is 6.92 Å². The summed E-state index contributed by atoms with van der Waals surface area (Å²) in [6.07, 6.45) is 2.23. The Morgan fingerprint density at radius 3 is 2.55 bits per heavy atom. The lowest BCUT2D eigenvalue weighted by Crippen LogP contribution is -2.34. The molecule has 1 amide bonds. The summed E-state index contributed by atoms with van der Waals surface area (Å²) in [4.78, 5) is 24.4. The van der Waals surface area contributed by atoms with E-state index < -0.39 is 5.60 Å². The van der Waals surface area contributed by atoms with Crippen LogP contribution in [0.2, 0.25) is 0 Å². The lowest BCUT2D eigenvalue weighted by Gasteiger charge is -2.24. The third-order valence-corrected chi connectivity index (χ3v) is 6.00. The first kappa shape index (κ1) is 19.4. The molecule has 154 valence electrons. The molecule has 3 heterocycles. The van der Waals surface area contributed by atoms with Gasteiger partial charge < -0.3 is 10.0 Å². The molecule has 5 nitrogen and oxygen atoms in total. The molecule has 0 bridgehead atoms. The first-order valence-electron chi connectivity index (χ1n) is 10.4. The van der Waals surface area contributed by atoms with Gasteiger partial charge in [-0.2, -0.15) is 0 Å². The summed E-state index contributed by atoms with van der Waals surface area (Å²) in [7, 11) is 0. The third-order valence-electron chi connectivity index (χ3n) is 6.00. The number of amides is 1. The number of rotatable bonds is 3. The zero-order valence-electron chi connectivity index (χ0n) is 17.3. The Morgan fingerprint density at radius 1 is 1.00 bits per heavy atom. The predicted octanol–water partition coefficient (Wildman–Crippen LogP) is 4.34. The van der Waals surface area contributed by atoms with Crippen LogP contribution in [0.5, 0.6) is 0 Å². The molecule has 1 saturated heterocycles. The summed E-state index contributed by atoms with van der Waals surface area (Å²) >= 11 is 0. The number of carbonyl (C=O) groups excluding carboxylic acids is 1. The van der Waals surface area contributed by atoms with Crippen LogP contribution >= 0.6 is 0 Å². The highest BCUT2D eigenvalue weighted by atomic mass is 16.3. The molecule has 2 aromatic carbocycles. The minimum Gasteiger partial charge on any atom is -0.383 e. The summed E-state index contributed by atoms with van der Waals surface area (Å²) in [5.74, 6) is -0.0983. The van der Waals surface area contributed by atoms with Gasteiger partial charge in [-0.3, -0.25) is 9.78 Å². The molecule has 0 radical (unpaired) electrons. The smallest absolute Gasteiger partial charge is 0.254 e. The van der Waals surface area contributed by atoms with Crippen molar-refractivity contribution in [3.63, 3.8) is 0 Å². The molecule has 1 aliphatic heterocycles. The van der Waals surface area contributed by atoms with Crippen molar-refractivity contribution < 1.29 is 9.90 Å². The molecule has 5 rings (SSSR count). The van der Waals surface area contributed by atoms with Crippen molar-refractivity contribution in [2.75, 3.05) is 13.1 Å². The summed E-state index contributed by atoms with van der Waals surface area (Å²) in [6, 6.07) is 23.0. The highest BCUT2D eigenvalue weighted by Gasteiger charge is 2.40. The molecule has 1 atom stereocenters. The monoisotopic (exact) mass is 409 g/mol. The maximum Gasteiger partial charge on any atom is 0.254 e. The molecule has 31 heavy (non-hydrogen) atoms. The van der Waals surface area contributed by atoms with Crippen molar-refractivity contribution in [3.8, 4) is 11.4 Å². The van der Waals surface area contributed by atoms with Gasteiger partial charge in [0, 0.05) is 18.1 Å². The zero-order valence-corrected chi connectivity index (χ0v) is 17.3. The van der Waals surface area contributed by atoms with Gasteiger partial charge in [0.2, 0.25) is 0 Å². The van der Waals surface area contributed by atoms with Crippen LogP contribution < -0.4 is 0 Å². The SMILES string of the molecule is Cc1ccc([C@]2(O)CCN(C(=O)c3cc(-c4ccccn4)nc4ccccc34)C2)cc1. The number of β-amino-alcohol motifs (C(OH)–C–C–N with tert-alkyl or cyclic N) is 1. The second kappa shape index (κ2) is 7.60. The fourth-order valence-electron chi connectivity index (χ4n) is 4.23. The van der Waals surface area contributed by atoms with E-state index in [0.717, 1.165) is 27.7 Å². The molecule has 5 heteroatoms. The Morgan fingerprint density at radius 2 is 1.77 bits per heavy atom. The molecular weight excluding hydrogens is 386 g/mol. The average molecular weight is 409 g/mol. The lowest BCUT2D eigenvalue weighted by molar-refractivity contribution is 0.0418.